The molecule has 11 heavy (non-hydrogen) atoms. The van der Waals surface area contributed by atoms with Crippen LogP contribution in [0, 0.1) is 5.92 Å². The van der Waals surface area contributed by atoms with Gasteiger partial charge in [-0.1, -0.05) is 31.2 Å². The number of hydrogen-bond acceptors (Lipinski definition) is 1. The second-order valence-corrected chi connectivity index (χ2v) is 3.19. The Balaban J connectivity index is 2.34. The molecule has 1 heterocycles. The van der Waals surface area contributed by atoms with Crippen molar-refractivity contribution in [2.75, 3.05) is 6.54 Å². The van der Waals surface area contributed by atoms with E-state index in [1.807, 2.05) is 0 Å². The van der Waals surface area contributed by atoms with E-state index in [1.165, 1.54) is 17.7 Å². The first-order valence-corrected chi connectivity index (χ1v) is 4.20. The molecule has 0 amide bonds. The molecule has 0 saturated carbocycles. The van der Waals surface area contributed by atoms with E-state index in [1.54, 1.807) is 0 Å². The lowest BCUT2D eigenvalue weighted by Crippen LogP contribution is -2.04. The Hall–Kier alpha value is -0.980. The van der Waals surface area contributed by atoms with Crippen molar-refractivity contribution >= 4 is 0 Å². The molecule has 2 aliphatic rings. The minimum absolute atomic E-state index is 0.573. The first-order valence-electron chi connectivity index (χ1n) is 4.20. The van der Waals surface area contributed by atoms with E-state index in [0.717, 1.165) is 6.54 Å². The largest absolute Gasteiger partial charge is 0.385 e. The van der Waals surface area contributed by atoms with Gasteiger partial charge in [-0.15, -0.1) is 0 Å². The summed E-state index contributed by atoms with van der Waals surface area (Å²) in [5.41, 5.74) is 2.81. The van der Waals surface area contributed by atoms with Crippen LogP contribution in [-0.2, 0) is 0 Å². The maximum atomic E-state index is 3.38. The van der Waals surface area contributed by atoms with Gasteiger partial charge in [0.15, 0.2) is 0 Å². The van der Waals surface area contributed by atoms with E-state index in [2.05, 4.69) is 36.5 Å². The maximum absolute atomic E-state index is 3.38. The highest BCUT2D eigenvalue weighted by Crippen LogP contribution is 2.22. The lowest BCUT2D eigenvalue weighted by molar-refractivity contribution is 0.876. The van der Waals surface area contributed by atoms with Crippen molar-refractivity contribution in [1.82, 2.24) is 5.32 Å². The van der Waals surface area contributed by atoms with Gasteiger partial charge in [-0.25, -0.2) is 0 Å². The molecule has 1 aliphatic heterocycles. The summed E-state index contributed by atoms with van der Waals surface area (Å²) < 4.78 is 0. The summed E-state index contributed by atoms with van der Waals surface area (Å²) in [7, 11) is 0. The predicted molar refractivity (Wildman–Crippen MR) is 47.1 cm³/mol. The van der Waals surface area contributed by atoms with Crippen molar-refractivity contribution < 1.29 is 0 Å². The van der Waals surface area contributed by atoms with Crippen LogP contribution >= 0.6 is 0 Å². The topological polar surface area (TPSA) is 12.0 Å². The smallest absolute Gasteiger partial charge is 0.0338 e. The van der Waals surface area contributed by atoms with Crippen LogP contribution in [0.15, 0.2) is 35.6 Å². The summed E-state index contributed by atoms with van der Waals surface area (Å²) >= 11 is 0. The van der Waals surface area contributed by atoms with Gasteiger partial charge in [-0.05, 0) is 17.9 Å². The van der Waals surface area contributed by atoms with Crippen molar-refractivity contribution in [3.05, 3.63) is 35.6 Å². The molecule has 58 valence electrons. The fraction of sp³-hybridized carbons (Fsp3) is 0.400. The van der Waals surface area contributed by atoms with Crippen LogP contribution in [-0.4, -0.2) is 6.54 Å². The Labute approximate surface area is 67.5 Å². The van der Waals surface area contributed by atoms with Crippen LogP contribution in [0.1, 0.15) is 13.3 Å². The molecular weight excluding hydrogens is 134 g/mol. The summed E-state index contributed by atoms with van der Waals surface area (Å²) in [6, 6.07) is 0. The van der Waals surface area contributed by atoms with Crippen LogP contribution in [0.5, 0.6) is 0 Å². The Morgan fingerprint density at radius 1 is 1.55 bits per heavy atom. The third-order valence-corrected chi connectivity index (χ3v) is 2.20. The molecule has 0 aromatic heterocycles. The number of allylic oxidation sites excluding steroid dienone is 5. The quantitative estimate of drug-likeness (QED) is 0.552. The summed E-state index contributed by atoms with van der Waals surface area (Å²) in [4.78, 5) is 0. The molecule has 0 aromatic rings. The maximum Gasteiger partial charge on any atom is 0.0338 e. The molecule has 1 nitrogen and oxygen atoms in total. The highest BCUT2D eigenvalue weighted by atomic mass is 14.9. The molecule has 1 aliphatic carbocycles. The zero-order valence-electron chi connectivity index (χ0n) is 6.80. The normalized spacial score (nSPS) is 28.3. The lowest BCUT2D eigenvalue weighted by Gasteiger charge is -2.00. The van der Waals surface area contributed by atoms with E-state index < -0.39 is 0 Å². The van der Waals surface area contributed by atoms with Gasteiger partial charge in [0, 0.05) is 12.2 Å². The van der Waals surface area contributed by atoms with Gasteiger partial charge in [0.2, 0.25) is 0 Å². The van der Waals surface area contributed by atoms with Crippen LogP contribution in [0.2, 0.25) is 0 Å². The van der Waals surface area contributed by atoms with E-state index in [4.69, 9.17) is 0 Å². The molecule has 0 bridgehead atoms. The molecule has 1 heteroatoms. The van der Waals surface area contributed by atoms with Crippen molar-refractivity contribution in [1.29, 1.82) is 0 Å². The van der Waals surface area contributed by atoms with E-state index in [-0.39, 0.29) is 0 Å². The standard InChI is InChI=1S/C10H13N/c1-8-3-2-4-9-5-6-11-10(9)7-8/h2-4,7-8,11H,5-6H2,1H3. The Morgan fingerprint density at radius 2 is 2.45 bits per heavy atom. The number of fused-ring (bicyclic) bond motifs is 1. The molecule has 1 unspecified atom stereocenters. The molecule has 1 N–H and O–H groups in total. The van der Waals surface area contributed by atoms with Crippen LogP contribution in [0.4, 0.5) is 0 Å². The van der Waals surface area contributed by atoms with Gasteiger partial charge in [0.25, 0.3) is 0 Å². The second-order valence-electron chi connectivity index (χ2n) is 3.19. The summed E-state index contributed by atoms with van der Waals surface area (Å²) in [6.07, 6.45) is 10.1. The lowest BCUT2D eigenvalue weighted by atomic mass is 10.1. The van der Waals surface area contributed by atoms with E-state index in [9.17, 15) is 0 Å². The first kappa shape index (κ1) is 6.71. The zero-order valence-corrected chi connectivity index (χ0v) is 6.80. The second kappa shape index (κ2) is 2.57. The van der Waals surface area contributed by atoms with Crippen LogP contribution in [0.25, 0.3) is 0 Å². The predicted octanol–water partition coefficient (Wildman–Crippen LogP) is 2.00. The van der Waals surface area contributed by atoms with Crippen molar-refractivity contribution in [3.8, 4) is 0 Å². The molecule has 0 radical (unpaired) electrons. The van der Waals surface area contributed by atoms with Crippen molar-refractivity contribution in [3.63, 3.8) is 0 Å². The highest BCUT2D eigenvalue weighted by molar-refractivity contribution is 5.39. The fourth-order valence-corrected chi connectivity index (χ4v) is 1.58. The first-order chi connectivity index (χ1) is 5.36. The van der Waals surface area contributed by atoms with E-state index >= 15 is 0 Å². The number of rotatable bonds is 0. The minimum Gasteiger partial charge on any atom is -0.385 e. The molecule has 0 aromatic carbocycles. The summed E-state index contributed by atoms with van der Waals surface area (Å²) in [6.45, 7) is 3.32. The molecule has 2 rings (SSSR count). The molecule has 0 spiro atoms. The Bertz CT molecular complexity index is 246. The van der Waals surface area contributed by atoms with Gasteiger partial charge in [-0.3, -0.25) is 0 Å². The van der Waals surface area contributed by atoms with Gasteiger partial charge < -0.3 is 5.32 Å². The molecular formula is C10H13N. The zero-order chi connectivity index (χ0) is 7.68. The van der Waals surface area contributed by atoms with Crippen molar-refractivity contribution in [2.24, 2.45) is 5.92 Å². The summed E-state index contributed by atoms with van der Waals surface area (Å²) in [5.74, 6) is 0.573. The van der Waals surface area contributed by atoms with Crippen LogP contribution in [0.3, 0.4) is 0 Å². The summed E-state index contributed by atoms with van der Waals surface area (Å²) in [5, 5.41) is 3.38. The highest BCUT2D eigenvalue weighted by Gasteiger charge is 2.13. The SMILES string of the molecule is CC1C=CC=C2CCNC2=C1. The average molecular weight is 147 g/mol. The molecule has 1 atom stereocenters. The minimum atomic E-state index is 0.573. The third kappa shape index (κ3) is 1.23. The Kier molecular flexibility index (Phi) is 1.57. The molecule has 1 fully saturated rings. The van der Waals surface area contributed by atoms with Gasteiger partial charge in [-0.2, -0.15) is 0 Å². The monoisotopic (exact) mass is 147 g/mol. The third-order valence-electron chi connectivity index (χ3n) is 2.20. The number of nitrogens with one attached hydrogen (secondary N) is 1. The number of hydrogen-bond donors (Lipinski definition) is 1. The van der Waals surface area contributed by atoms with Gasteiger partial charge in [0.05, 0.1) is 0 Å². The van der Waals surface area contributed by atoms with Crippen molar-refractivity contribution in [2.45, 2.75) is 13.3 Å². The van der Waals surface area contributed by atoms with Gasteiger partial charge >= 0.3 is 0 Å². The fourth-order valence-electron chi connectivity index (χ4n) is 1.58. The average Bonchev–Trinajstić information content (AvgIpc) is 2.31. The van der Waals surface area contributed by atoms with Gasteiger partial charge in [0.1, 0.15) is 0 Å². The van der Waals surface area contributed by atoms with E-state index in [0.29, 0.717) is 5.92 Å². The Morgan fingerprint density at radius 3 is 3.36 bits per heavy atom. The molecule has 1 saturated heterocycles. The van der Waals surface area contributed by atoms with Crippen LogP contribution < -0.4 is 5.32 Å².